The maximum absolute atomic E-state index is 14.1. The Balaban J connectivity index is 1.81. The van der Waals surface area contributed by atoms with E-state index in [1.165, 1.54) is 6.07 Å². The fourth-order valence-electron chi connectivity index (χ4n) is 3.52. The van der Waals surface area contributed by atoms with Crippen LogP contribution in [0.4, 0.5) is 4.39 Å². The van der Waals surface area contributed by atoms with Crippen LogP contribution in [0.5, 0.6) is 5.75 Å². The highest BCUT2D eigenvalue weighted by Crippen LogP contribution is 2.27. The molecular formula is C23H34FNO5S. The summed E-state index contributed by atoms with van der Waals surface area (Å²) >= 11 is 0. The van der Waals surface area contributed by atoms with Gasteiger partial charge >= 0.3 is 0 Å². The Morgan fingerprint density at radius 2 is 1.90 bits per heavy atom. The molecule has 2 amide bonds. The lowest BCUT2D eigenvalue weighted by Crippen LogP contribution is -2.22. The van der Waals surface area contributed by atoms with E-state index in [0.29, 0.717) is 32.3 Å². The van der Waals surface area contributed by atoms with Gasteiger partial charge in [0.25, 0.3) is 0 Å². The average Bonchev–Trinajstić information content (AvgIpc) is 2.96. The number of hydrogen-bond donors (Lipinski definition) is 1. The van der Waals surface area contributed by atoms with Crippen LogP contribution >= 0.6 is 0 Å². The summed E-state index contributed by atoms with van der Waals surface area (Å²) in [6.45, 7) is 8.15. The number of rotatable bonds is 11. The van der Waals surface area contributed by atoms with Crippen LogP contribution in [0.1, 0.15) is 71.3 Å². The number of carbonyl (C=O) groups excluding carboxylic acids is 2. The molecule has 1 aliphatic heterocycles. The Bertz CT molecular complexity index is 892. The fourth-order valence-corrected chi connectivity index (χ4v) is 5.29. The number of hydrogen-bond acceptors (Lipinski definition) is 5. The van der Waals surface area contributed by atoms with E-state index in [2.05, 4.69) is 5.32 Å². The van der Waals surface area contributed by atoms with Crippen LogP contribution in [0.2, 0.25) is 0 Å². The predicted octanol–water partition coefficient (Wildman–Crippen LogP) is 3.99. The number of benzene rings is 1. The summed E-state index contributed by atoms with van der Waals surface area (Å²) in [5.74, 6) is -1.28. The van der Waals surface area contributed by atoms with Crippen molar-refractivity contribution in [1.29, 1.82) is 0 Å². The van der Waals surface area contributed by atoms with E-state index in [1.807, 2.05) is 27.7 Å². The SMILES string of the molecule is C[C@@H](CS(=O)(=O)CCCCCC1CC(=O)NC1=O)c1ccc(F)c(OCC(C)(C)C)c1. The lowest BCUT2D eigenvalue weighted by atomic mass is 9.98. The Morgan fingerprint density at radius 3 is 2.52 bits per heavy atom. The van der Waals surface area contributed by atoms with Crippen LogP contribution < -0.4 is 10.1 Å². The molecule has 1 unspecified atom stereocenters. The van der Waals surface area contributed by atoms with E-state index in [9.17, 15) is 22.4 Å². The fraction of sp³-hybridized carbons (Fsp3) is 0.652. The topological polar surface area (TPSA) is 89.5 Å². The lowest BCUT2D eigenvalue weighted by molar-refractivity contribution is -0.125. The second-order valence-corrected chi connectivity index (χ2v) is 11.9. The number of ether oxygens (including phenoxy) is 1. The Labute approximate surface area is 184 Å². The minimum atomic E-state index is -3.27. The molecule has 2 rings (SSSR count). The van der Waals surface area contributed by atoms with Gasteiger partial charge in [-0.3, -0.25) is 14.9 Å². The molecule has 1 aliphatic rings. The van der Waals surface area contributed by atoms with E-state index in [-0.39, 0.29) is 52.7 Å². The number of imide groups is 1. The number of carbonyl (C=O) groups is 2. The van der Waals surface area contributed by atoms with Crippen LogP contribution in [0.15, 0.2) is 18.2 Å². The molecule has 0 aliphatic carbocycles. The molecule has 1 aromatic carbocycles. The molecule has 0 bridgehead atoms. The normalized spacial score (nSPS) is 18.2. The minimum Gasteiger partial charge on any atom is -0.490 e. The Kier molecular flexibility index (Phi) is 8.63. The van der Waals surface area contributed by atoms with Crippen LogP contribution in [-0.2, 0) is 19.4 Å². The summed E-state index contributed by atoms with van der Waals surface area (Å²) in [5.41, 5.74) is 0.611. The first-order valence-corrected chi connectivity index (χ1v) is 12.6. The number of sulfone groups is 1. The van der Waals surface area contributed by atoms with Crippen molar-refractivity contribution in [2.75, 3.05) is 18.1 Å². The summed E-state index contributed by atoms with van der Waals surface area (Å²) in [5, 5.41) is 2.29. The van der Waals surface area contributed by atoms with Gasteiger partial charge in [0.15, 0.2) is 21.4 Å². The average molecular weight is 456 g/mol. The van der Waals surface area contributed by atoms with Gasteiger partial charge in [0.05, 0.1) is 18.1 Å². The zero-order chi connectivity index (χ0) is 23.2. The molecule has 1 N–H and O–H groups in total. The third kappa shape index (κ3) is 8.59. The summed E-state index contributed by atoms with van der Waals surface area (Å²) in [4.78, 5) is 22.7. The third-order valence-corrected chi connectivity index (χ3v) is 7.18. The maximum Gasteiger partial charge on any atom is 0.230 e. The van der Waals surface area contributed by atoms with Gasteiger partial charge in [-0.05, 0) is 41.9 Å². The zero-order valence-corrected chi connectivity index (χ0v) is 19.7. The number of halogens is 1. The molecule has 31 heavy (non-hydrogen) atoms. The molecule has 1 heterocycles. The van der Waals surface area contributed by atoms with Gasteiger partial charge in [0, 0.05) is 12.3 Å². The summed E-state index contributed by atoms with van der Waals surface area (Å²) in [7, 11) is -3.27. The van der Waals surface area contributed by atoms with E-state index < -0.39 is 15.7 Å². The largest absolute Gasteiger partial charge is 0.490 e. The summed E-state index contributed by atoms with van der Waals surface area (Å²) < 4.78 is 44.7. The van der Waals surface area contributed by atoms with E-state index in [0.717, 1.165) is 5.56 Å². The predicted molar refractivity (Wildman–Crippen MR) is 118 cm³/mol. The molecular weight excluding hydrogens is 421 g/mol. The summed E-state index contributed by atoms with van der Waals surface area (Å²) in [6, 6.07) is 4.52. The molecule has 1 saturated heterocycles. The first-order valence-electron chi connectivity index (χ1n) is 10.8. The molecule has 1 fully saturated rings. The molecule has 0 spiro atoms. The van der Waals surface area contributed by atoms with Crippen LogP contribution in [0, 0.1) is 17.2 Å². The van der Waals surface area contributed by atoms with Gasteiger partial charge in [-0.15, -0.1) is 0 Å². The van der Waals surface area contributed by atoms with Crippen molar-refractivity contribution in [2.45, 2.75) is 65.7 Å². The van der Waals surface area contributed by atoms with Crippen LogP contribution in [0.25, 0.3) is 0 Å². The molecule has 2 atom stereocenters. The Hall–Kier alpha value is -1.96. The molecule has 0 radical (unpaired) electrons. The smallest absolute Gasteiger partial charge is 0.230 e. The highest BCUT2D eigenvalue weighted by atomic mass is 32.2. The first kappa shape index (κ1) is 25.3. The quantitative estimate of drug-likeness (QED) is 0.402. The number of nitrogens with one attached hydrogen (secondary N) is 1. The zero-order valence-electron chi connectivity index (χ0n) is 18.9. The van der Waals surface area contributed by atoms with Crippen molar-refractivity contribution in [1.82, 2.24) is 5.32 Å². The molecule has 8 heteroatoms. The van der Waals surface area contributed by atoms with E-state index in [1.54, 1.807) is 12.1 Å². The highest BCUT2D eigenvalue weighted by molar-refractivity contribution is 7.91. The van der Waals surface area contributed by atoms with Gasteiger partial charge in [0.2, 0.25) is 11.8 Å². The first-order chi connectivity index (χ1) is 14.4. The number of amides is 2. The molecule has 0 saturated carbocycles. The maximum atomic E-state index is 14.1. The van der Waals surface area contributed by atoms with Crippen molar-refractivity contribution in [2.24, 2.45) is 11.3 Å². The summed E-state index contributed by atoms with van der Waals surface area (Å²) in [6.07, 6.45) is 2.74. The van der Waals surface area contributed by atoms with E-state index in [4.69, 9.17) is 4.74 Å². The second kappa shape index (κ2) is 10.6. The second-order valence-electron chi connectivity index (χ2n) is 9.72. The van der Waals surface area contributed by atoms with Crippen molar-refractivity contribution in [3.63, 3.8) is 0 Å². The van der Waals surface area contributed by atoms with E-state index >= 15 is 0 Å². The highest BCUT2D eigenvalue weighted by Gasteiger charge is 2.29. The third-order valence-electron chi connectivity index (χ3n) is 5.26. The Morgan fingerprint density at radius 1 is 1.19 bits per heavy atom. The lowest BCUT2D eigenvalue weighted by Gasteiger charge is -2.20. The van der Waals surface area contributed by atoms with Crippen molar-refractivity contribution < 1.29 is 27.1 Å². The van der Waals surface area contributed by atoms with Crippen molar-refractivity contribution in [3.05, 3.63) is 29.6 Å². The standard InChI is InChI=1S/C23H34FNO5S/c1-16(17-9-10-19(24)20(12-17)30-15-23(2,3)4)14-31(28,29)11-7-5-6-8-18-13-21(26)25-22(18)27/h9-10,12,16,18H,5-8,11,13-15H2,1-4H3,(H,25,26,27)/t16-,18?/m0/s1. The van der Waals surface area contributed by atoms with Crippen molar-refractivity contribution >= 4 is 21.7 Å². The monoisotopic (exact) mass is 455 g/mol. The van der Waals surface area contributed by atoms with Gasteiger partial charge in [-0.2, -0.15) is 0 Å². The molecule has 0 aromatic heterocycles. The van der Waals surface area contributed by atoms with Crippen molar-refractivity contribution in [3.8, 4) is 5.75 Å². The molecule has 6 nitrogen and oxygen atoms in total. The molecule has 174 valence electrons. The van der Waals surface area contributed by atoms with Crippen LogP contribution in [-0.4, -0.2) is 38.3 Å². The van der Waals surface area contributed by atoms with Gasteiger partial charge in [-0.25, -0.2) is 12.8 Å². The van der Waals surface area contributed by atoms with Gasteiger partial charge < -0.3 is 4.74 Å². The van der Waals surface area contributed by atoms with Gasteiger partial charge in [-0.1, -0.05) is 46.6 Å². The van der Waals surface area contributed by atoms with Gasteiger partial charge in [0.1, 0.15) is 0 Å². The van der Waals surface area contributed by atoms with Crippen LogP contribution in [0.3, 0.4) is 0 Å². The number of unbranched alkanes of at least 4 members (excludes halogenated alkanes) is 2. The minimum absolute atomic E-state index is 0.0170. The molecule has 1 aromatic rings.